The fourth-order valence-electron chi connectivity index (χ4n) is 3.87. The van der Waals surface area contributed by atoms with Crippen molar-refractivity contribution in [1.29, 1.82) is 0 Å². The van der Waals surface area contributed by atoms with Gasteiger partial charge < -0.3 is 9.47 Å². The summed E-state index contributed by atoms with van der Waals surface area (Å²) in [7, 11) is 0. The van der Waals surface area contributed by atoms with Gasteiger partial charge in [-0.3, -0.25) is 14.7 Å². The Morgan fingerprint density at radius 2 is 1.87 bits per heavy atom. The lowest BCUT2D eigenvalue weighted by atomic mass is 10.1. The van der Waals surface area contributed by atoms with Crippen molar-refractivity contribution in [2.75, 3.05) is 13.2 Å². The summed E-state index contributed by atoms with van der Waals surface area (Å²) in [5.41, 5.74) is 3.43. The molecule has 11 heteroatoms. The molecule has 0 N–H and O–H groups in total. The van der Waals surface area contributed by atoms with Crippen LogP contribution >= 0.6 is 27.7 Å². The van der Waals surface area contributed by atoms with Gasteiger partial charge in [-0.05, 0) is 89.8 Å². The molecule has 0 amide bonds. The Morgan fingerprint density at radius 1 is 1.11 bits per heavy atom. The normalized spacial score (nSPS) is 11.8. The maximum absolute atomic E-state index is 13.3. The molecule has 3 aromatic carbocycles. The van der Waals surface area contributed by atoms with E-state index in [1.807, 2.05) is 49.6 Å². The molecule has 0 radical (unpaired) electrons. The molecule has 1 aromatic heterocycles. The number of thioether (sulfide) groups is 1. The van der Waals surface area contributed by atoms with E-state index in [4.69, 9.17) is 9.47 Å². The highest BCUT2D eigenvalue weighted by molar-refractivity contribution is 9.10. The molecule has 0 saturated heterocycles. The van der Waals surface area contributed by atoms with Crippen molar-refractivity contribution in [3.05, 3.63) is 104 Å². The van der Waals surface area contributed by atoms with Crippen LogP contribution < -0.4 is 9.47 Å². The zero-order valence-electron chi connectivity index (χ0n) is 21.1. The van der Waals surface area contributed by atoms with Crippen molar-refractivity contribution >= 4 is 27.7 Å². The van der Waals surface area contributed by atoms with E-state index < -0.39 is 5.25 Å². The molecule has 0 bridgehead atoms. The van der Waals surface area contributed by atoms with Crippen LogP contribution in [-0.2, 0) is 6.61 Å². The lowest BCUT2D eigenvalue weighted by Gasteiger charge is -2.19. The summed E-state index contributed by atoms with van der Waals surface area (Å²) in [5.74, 6) is 1.27. The zero-order valence-corrected chi connectivity index (χ0v) is 23.5. The van der Waals surface area contributed by atoms with Crippen LogP contribution in [0.25, 0.3) is 5.69 Å². The molecule has 4 rings (SSSR count). The van der Waals surface area contributed by atoms with Crippen LogP contribution in [0.5, 0.6) is 11.5 Å². The minimum absolute atomic E-state index is 0.199. The van der Waals surface area contributed by atoms with Gasteiger partial charge in [-0.15, -0.1) is 10.2 Å². The first-order valence-corrected chi connectivity index (χ1v) is 13.5. The summed E-state index contributed by atoms with van der Waals surface area (Å²) in [4.78, 5) is 11.3. The quantitative estimate of drug-likeness (QED) is 0.105. The van der Waals surface area contributed by atoms with Gasteiger partial charge in [0.05, 0.1) is 11.1 Å². The molecule has 0 aliphatic rings. The van der Waals surface area contributed by atoms with E-state index in [1.165, 1.54) is 23.9 Å². The van der Waals surface area contributed by atoms with Crippen LogP contribution in [0.3, 0.4) is 0 Å². The summed E-state index contributed by atoms with van der Waals surface area (Å²) in [5, 5.41) is 20.2. The van der Waals surface area contributed by atoms with E-state index in [0.717, 1.165) is 16.8 Å². The highest BCUT2D eigenvalue weighted by Gasteiger charge is 2.26. The van der Waals surface area contributed by atoms with Crippen LogP contribution in [0.2, 0.25) is 0 Å². The second-order valence-corrected chi connectivity index (χ2v) is 10.5. The van der Waals surface area contributed by atoms with Crippen molar-refractivity contribution in [1.82, 2.24) is 14.8 Å². The van der Waals surface area contributed by atoms with Gasteiger partial charge in [0.2, 0.25) is 6.54 Å². The summed E-state index contributed by atoms with van der Waals surface area (Å²) < 4.78 is 27.6. The van der Waals surface area contributed by atoms with E-state index >= 15 is 0 Å². The molecule has 4 aromatic rings. The predicted octanol–water partition coefficient (Wildman–Crippen LogP) is 6.87. The molecule has 0 saturated carbocycles. The highest BCUT2D eigenvalue weighted by Crippen LogP contribution is 2.43. The van der Waals surface area contributed by atoms with Crippen LogP contribution in [0, 0.1) is 29.8 Å². The Labute approximate surface area is 232 Å². The van der Waals surface area contributed by atoms with Gasteiger partial charge in [0.1, 0.15) is 23.5 Å². The number of benzene rings is 3. The molecule has 38 heavy (non-hydrogen) atoms. The Hall–Kier alpha value is -3.44. The molecule has 0 fully saturated rings. The van der Waals surface area contributed by atoms with E-state index in [-0.39, 0.29) is 23.9 Å². The standard InChI is InChI=1S/C27H26BrFN4O4S/c1-4-36-24-14-20(13-23(28)26(24)37-16-19-8-10-21(29)11-9-19)25(15-32(34)35)38-27-31-30-18(3)33(27)22-7-5-6-17(2)12-22/h5-14,25H,4,15-16H2,1-3H3/t25-/m0/s1. The number of nitrogens with zero attached hydrogens (tertiary/aromatic N) is 4. The number of ether oxygens (including phenoxy) is 2. The zero-order chi connectivity index (χ0) is 27.2. The third kappa shape index (κ3) is 6.70. The van der Waals surface area contributed by atoms with Crippen molar-refractivity contribution in [3.8, 4) is 17.2 Å². The molecular weight excluding hydrogens is 575 g/mol. The third-order valence-electron chi connectivity index (χ3n) is 5.62. The van der Waals surface area contributed by atoms with Gasteiger partial charge in [0, 0.05) is 10.6 Å². The first-order valence-electron chi connectivity index (χ1n) is 11.9. The topological polar surface area (TPSA) is 92.3 Å². The summed E-state index contributed by atoms with van der Waals surface area (Å²) in [6, 6.07) is 17.5. The van der Waals surface area contributed by atoms with Gasteiger partial charge in [0.25, 0.3) is 0 Å². The Balaban J connectivity index is 1.67. The second-order valence-electron chi connectivity index (χ2n) is 8.50. The number of hydrogen-bond acceptors (Lipinski definition) is 7. The van der Waals surface area contributed by atoms with Crippen LogP contribution in [0.1, 0.15) is 34.7 Å². The molecule has 1 atom stereocenters. The van der Waals surface area contributed by atoms with Crippen molar-refractivity contribution in [2.45, 2.75) is 37.8 Å². The summed E-state index contributed by atoms with van der Waals surface area (Å²) >= 11 is 4.83. The number of nitro groups is 1. The third-order valence-corrected chi connectivity index (χ3v) is 7.39. The van der Waals surface area contributed by atoms with Gasteiger partial charge in [0.15, 0.2) is 16.7 Å². The van der Waals surface area contributed by atoms with Gasteiger partial charge in [-0.2, -0.15) is 0 Å². The van der Waals surface area contributed by atoms with Crippen LogP contribution in [0.4, 0.5) is 4.39 Å². The Bertz CT molecular complexity index is 1430. The lowest BCUT2D eigenvalue weighted by molar-refractivity contribution is -0.479. The van der Waals surface area contributed by atoms with E-state index in [1.54, 1.807) is 24.3 Å². The maximum atomic E-state index is 13.3. The van der Waals surface area contributed by atoms with Crippen LogP contribution in [-0.4, -0.2) is 32.8 Å². The minimum Gasteiger partial charge on any atom is -0.490 e. The monoisotopic (exact) mass is 600 g/mol. The Morgan fingerprint density at radius 3 is 2.55 bits per heavy atom. The number of halogens is 2. The Kier molecular flexibility index (Phi) is 9.01. The highest BCUT2D eigenvalue weighted by atomic mass is 79.9. The number of aromatic nitrogens is 3. The van der Waals surface area contributed by atoms with Gasteiger partial charge in [-0.25, -0.2) is 4.39 Å². The average molecular weight is 601 g/mol. The van der Waals surface area contributed by atoms with E-state index in [0.29, 0.717) is 39.1 Å². The number of hydrogen-bond donors (Lipinski definition) is 0. The van der Waals surface area contributed by atoms with Crippen molar-refractivity contribution in [2.24, 2.45) is 0 Å². The fraction of sp³-hybridized carbons (Fsp3) is 0.259. The predicted molar refractivity (Wildman–Crippen MR) is 147 cm³/mol. The van der Waals surface area contributed by atoms with Crippen LogP contribution in [0.15, 0.2) is 70.3 Å². The second kappa shape index (κ2) is 12.4. The molecule has 198 valence electrons. The fourth-order valence-corrected chi connectivity index (χ4v) is 5.60. The average Bonchev–Trinajstić information content (AvgIpc) is 3.23. The number of rotatable bonds is 11. The minimum atomic E-state index is -0.584. The molecule has 0 spiro atoms. The molecule has 0 aliphatic carbocycles. The first-order chi connectivity index (χ1) is 18.2. The van der Waals surface area contributed by atoms with Crippen molar-refractivity contribution in [3.63, 3.8) is 0 Å². The molecular formula is C27H26BrFN4O4S. The summed E-state index contributed by atoms with van der Waals surface area (Å²) in [6.45, 7) is 5.93. The molecule has 0 aliphatic heterocycles. The van der Waals surface area contributed by atoms with Gasteiger partial charge in [-0.1, -0.05) is 36.0 Å². The summed E-state index contributed by atoms with van der Waals surface area (Å²) in [6.07, 6.45) is 0. The first kappa shape index (κ1) is 27.6. The molecule has 1 heterocycles. The largest absolute Gasteiger partial charge is 0.490 e. The van der Waals surface area contributed by atoms with Crippen molar-refractivity contribution < 1.29 is 18.8 Å². The number of aryl methyl sites for hydroxylation is 2. The molecule has 8 nitrogen and oxygen atoms in total. The maximum Gasteiger partial charge on any atom is 0.220 e. The van der Waals surface area contributed by atoms with E-state index in [9.17, 15) is 14.5 Å². The SMILES string of the molecule is CCOc1cc([C@H](C[N+](=O)[O-])Sc2nnc(C)n2-c2cccc(C)c2)cc(Br)c1OCc1ccc(F)cc1. The van der Waals surface area contributed by atoms with E-state index in [2.05, 4.69) is 26.1 Å². The lowest BCUT2D eigenvalue weighted by Crippen LogP contribution is -2.12. The molecule has 0 unspecified atom stereocenters. The van der Waals surface area contributed by atoms with Gasteiger partial charge >= 0.3 is 0 Å². The smallest absolute Gasteiger partial charge is 0.220 e.